The van der Waals surface area contributed by atoms with E-state index in [2.05, 4.69) is 35.9 Å². The van der Waals surface area contributed by atoms with Crippen LogP contribution >= 0.6 is 27.5 Å². The van der Waals surface area contributed by atoms with E-state index < -0.39 is 5.57 Å². The molecule has 2 heterocycles. The van der Waals surface area contributed by atoms with Gasteiger partial charge in [0.05, 0.1) is 10.0 Å². The highest BCUT2D eigenvalue weighted by molar-refractivity contribution is 9.10. The van der Waals surface area contributed by atoms with Gasteiger partial charge in [-0.2, -0.15) is 0 Å². The average molecular weight is 459 g/mol. The first-order valence-electron chi connectivity index (χ1n) is 8.36. The third kappa shape index (κ3) is 4.32. The number of benzene rings is 1. The number of hydrogen-bond donors (Lipinski definition) is 1. The highest BCUT2D eigenvalue weighted by Gasteiger charge is 2.45. The van der Waals surface area contributed by atoms with E-state index in [4.69, 9.17) is 11.6 Å². The third-order valence-electron chi connectivity index (χ3n) is 4.71. The number of nitrogens with zero attached hydrogens (tertiary/aromatic N) is 2. The van der Waals surface area contributed by atoms with Crippen LogP contribution in [0, 0.1) is 11.8 Å². The van der Waals surface area contributed by atoms with Gasteiger partial charge in [0.25, 0.3) is 5.91 Å². The lowest BCUT2D eigenvalue weighted by Crippen LogP contribution is -2.23. The van der Waals surface area contributed by atoms with E-state index in [9.17, 15) is 13.6 Å². The molecule has 142 valence electrons. The van der Waals surface area contributed by atoms with Crippen LogP contribution < -0.4 is 15.0 Å². The molecule has 2 fully saturated rings. The van der Waals surface area contributed by atoms with E-state index in [-0.39, 0.29) is 11.7 Å². The molecule has 0 bridgehead atoms. The number of halogens is 4. The second-order valence-electron chi connectivity index (χ2n) is 6.72. The largest absolute Gasteiger partial charge is 0.487 e. The highest BCUT2D eigenvalue weighted by atomic mass is 79.9. The van der Waals surface area contributed by atoms with Crippen molar-refractivity contribution in [1.29, 1.82) is 0 Å². The second kappa shape index (κ2) is 6.91. The fraction of sp³-hybridized carbons (Fsp3) is 0.333. The number of pyridine rings is 1. The van der Waals surface area contributed by atoms with Crippen molar-refractivity contribution in [3.63, 3.8) is 0 Å². The molecule has 2 unspecified atom stereocenters. The van der Waals surface area contributed by atoms with Crippen LogP contribution in [-0.4, -0.2) is 29.5 Å². The van der Waals surface area contributed by atoms with Crippen LogP contribution in [0.1, 0.15) is 16.8 Å². The van der Waals surface area contributed by atoms with E-state index in [1.807, 2.05) is 0 Å². The molecule has 2 aliphatic rings. The number of nitrogens with one attached hydrogen (secondary N) is 1. The van der Waals surface area contributed by atoms with Crippen LogP contribution in [0.2, 0.25) is 0 Å². The lowest BCUT2D eigenvalue weighted by molar-refractivity contribution is -0.0964. The van der Waals surface area contributed by atoms with Crippen LogP contribution in [-0.2, 0) is 0 Å². The zero-order chi connectivity index (χ0) is 19.2. The van der Waals surface area contributed by atoms with Gasteiger partial charge >= 0.3 is 5.57 Å². The Morgan fingerprint density at radius 3 is 2.56 bits per heavy atom. The van der Waals surface area contributed by atoms with Crippen molar-refractivity contribution in [1.82, 2.24) is 4.98 Å². The topological polar surface area (TPSA) is 54.5 Å². The van der Waals surface area contributed by atoms with Crippen LogP contribution in [0.5, 0.6) is 5.75 Å². The predicted octanol–water partition coefficient (Wildman–Crippen LogP) is 4.72. The van der Waals surface area contributed by atoms with Crippen molar-refractivity contribution in [2.75, 3.05) is 23.3 Å². The van der Waals surface area contributed by atoms with Crippen LogP contribution in [0.15, 0.2) is 41.0 Å². The first kappa shape index (κ1) is 18.4. The van der Waals surface area contributed by atoms with Gasteiger partial charge in [0, 0.05) is 36.6 Å². The minimum absolute atomic E-state index is 0.106. The summed E-state index contributed by atoms with van der Waals surface area (Å²) in [6, 6.07) is 7.21. The molecule has 1 saturated carbocycles. The molecule has 1 aromatic heterocycles. The Labute approximate surface area is 167 Å². The van der Waals surface area contributed by atoms with Gasteiger partial charge in [0.2, 0.25) is 0 Å². The Balaban J connectivity index is 1.41. The molecule has 1 aliphatic heterocycles. The van der Waals surface area contributed by atoms with Crippen molar-refractivity contribution in [2.24, 2.45) is 11.8 Å². The van der Waals surface area contributed by atoms with Crippen molar-refractivity contribution in [2.45, 2.75) is 12.0 Å². The number of carbonyl (C=O) groups is 1. The summed E-state index contributed by atoms with van der Waals surface area (Å²) in [4.78, 5) is 19.1. The van der Waals surface area contributed by atoms with Gasteiger partial charge < -0.3 is 15.0 Å². The standard InChI is InChI=1S/C18H15BrClF2N3O2/c19-15-6-10(7-23-16(15)25-8-11-5-12(11)9-25)17(26)24-13-1-3-14(4-2-13)27-18(20,21)22/h1-4,6-7,11-12H,5,8-9H2,(H,24,26). The molecular weight excluding hydrogens is 444 g/mol. The molecule has 1 N–H and O–H groups in total. The van der Waals surface area contributed by atoms with Gasteiger partial charge in [-0.1, -0.05) is 0 Å². The van der Waals surface area contributed by atoms with E-state index in [0.717, 1.165) is 35.2 Å². The maximum absolute atomic E-state index is 12.6. The molecule has 1 aromatic carbocycles. The smallest absolute Gasteiger partial charge is 0.420 e. The molecule has 0 radical (unpaired) electrons. The molecule has 0 spiro atoms. The Morgan fingerprint density at radius 1 is 1.30 bits per heavy atom. The van der Waals surface area contributed by atoms with Crippen molar-refractivity contribution in [3.05, 3.63) is 46.6 Å². The fourth-order valence-electron chi connectivity index (χ4n) is 3.30. The number of ether oxygens (including phenoxy) is 1. The van der Waals surface area contributed by atoms with E-state index >= 15 is 0 Å². The zero-order valence-corrected chi connectivity index (χ0v) is 16.3. The maximum atomic E-state index is 12.6. The first-order chi connectivity index (χ1) is 12.8. The van der Waals surface area contributed by atoms with Gasteiger partial charge in [-0.15, -0.1) is 8.78 Å². The number of piperidine rings is 1. The van der Waals surface area contributed by atoms with Gasteiger partial charge in [0.15, 0.2) is 0 Å². The number of anilines is 2. The Bertz CT molecular complexity index is 866. The molecule has 2 aromatic rings. The molecule has 2 atom stereocenters. The Kier molecular flexibility index (Phi) is 4.71. The summed E-state index contributed by atoms with van der Waals surface area (Å²) in [5, 5.41) is 2.69. The number of fused-ring (bicyclic) bond motifs is 1. The van der Waals surface area contributed by atoms with Crippen LogP contribution in [0.4, 0.5) is 20.3 Å². The van der Waals surface area contributed by atoms with Gasteiger partial charge in [0.1, 0.15) is 11.6 Å². The molecule has 1 aliphatic carbocycles. The summed E-state index contributed by atoms with van der Waals surface area (Å²) in [5.74, 6) is 1.96. The third-order valence-corrected chi connectivity index (χ3v) is 5.37. The van der Waals surface area contributed by atoms with Crippen molar-refractivity contribution >= 4 is 44.9 Å². The van der Waals surface area contributed by atoms with Gasteiger partial charge in [-0.25, -0.2) is 4.98 Å². The normalized spacial score (nSPS) is 21.0. The number of amides is 1. The monoisotopic (exact) mass is 457 g/mol. The van der Waals surface area contributed by atoms with E-state index in [1.54, 1.807) is 6.07 Å². The minimum atomic E-state index is -3.78. The SMILES string of the molecule is O=C(Nc1ccc(OC(F)(F)Cl)cc1)c1cnc(N2CC3CC3C2)c(Br)c1. The minimum Gasteiger partial charge on any atom is -0.420 e. The molecule has 9 heteroatoms. The van der Waals surface area contributed by atoms with E-state index in [1.165, 1.54) is 36.9 Å². The lowest BCUT2D eigenvalue weighted by atomic mass is 10.2. The number of carbonyl (C=O) groups excluding carboxylic acids is 1. The predicted molar refractivity (Wildman–Crippen MR) is 102 cm³/mol. The summed E-state index contributed by atoms with van der Waals surface area (Å²) < 4.78 is 30.2. The number of hydrogen-bond acceptors (Lipinski definition) is 4. The van der Waals surface area contributed by atoms with Gasteiger partial charge in [-0.05, 0) is 64.5 Å². The second-order valence-corrected chi connectivity index (χ2v) is 8.01. The molecule has 4 rings (SSSR count). The maximum Gasteiger partial charge on any atom is 0.487 e. The first-order valence-corrected chi connectivity index (χ1v) is 9.53. The molecule has 5 nitrogen and oxygen atoms in total. The number of alkyl halides is 3. The molecule has 1 amide bonds. The number of rotatable bonds is 5. The lowest BCUT2D eigenvalue weighted by Gasteiger charge is -2.20. The molecule has 27 heavy (non-hydrogen) atoms. The summed E-state index contributed by atoms with van der Waals surface area (Å²) in [6.45, 7) is 2.02. The summed E-state index contributed by atoms with van der Waals surface area (Å²) in [6.07, 6.45) is 2.84. The summed E-state index contributed by atoms with van der Waals surface area (Å²) in [7, 11) is 0. The summed E-state index contributed by atoms with van der Waals surface area (Å²) in [5.41, 5.74) is -2.95. The Hall–Kier alpha value is -1.93. The summed E-state index contributed by atoms with van der Waals surface area (Å²) >= 11 is 8.22. The van der Waals surface area contributed by atoms with Crippen LogP contribution in [0.25, 0.3) is 0 Å². The van der Waals surface area contributed by atoms with Crippen molar-refractivity contribution in [3.8, 4) is 5.75 Å². The zero-order valence-electron chi connectivity index (χ0n) is 14.0. The highest BCUT2D eigenvalue weighted by Crippen LogP contribution is 2.46. The van der Waals surface area contributed by atoms with Crippen molar-refractivity contribution < 1.29 is 18.3 Å². The quantitative estimate of drug-likeness (QED) is 0.659. The van der Waals surface area contributed by atoms with Gasteiger partial charge in [-0.3, -0.25) is 4.79 Å². The fourth-order valence-corrected chi connectivity index (χ4v) is 3.99. The average Bonchev–Trinajstić information content (AvgIpc) is 3.21. The molecular formula is C18H15BrClF2N3O2. The van der Waals surface area contributed by atoms with Crippen LogP contribution in [0.3, 0.4) is 0 Å². The Morgan fingerprint density at radius 2 is 1.96 bits per heavy atom. The van der Waals surface area contributed by atoms with E-state index in [0.29, 0.717) is 11.3 Å². The molecule has 1 saturated heterocycles. The number of aromatic nitrogens is 1.